The lowest BCUT2D eigenvalue weighted by Gasteiger charge is -2.52. The monoisotopic (exact) mass is 360 g/mol. The zero-order valence-electron chi connectivity index (χ0n) is 16.4. The molecule has 1 saturated heterocycles. The highest BCUT2D eigenvalue weighted by molar-refractivity contribution is 6.70. The van der Waals surface area contributed by atoms with Gasteiger partial charge in [-0.1, -0.05) is 13.8 Å². The van der Waals surface area contributed by atoms with Gasteiger partial charge in [0.2, 0.25) is 8.32 Å². The van der Waals surface area contributed by atoms with Crippen LogP contribution in [0.2, 0.25) is 19.6 Å². The highest BCUT2D eigenvalue weighted by atomic mass is 28.4. The fourth-order valence-corrected chi connectivity index (χ4v) is 6.71. The molecular formula is C21H32O3Si. The Balaban J connectivity index is 1.69. The Bertz CT molecular complexity index is 671. The molecule has 0 N–H and O–H groups in total. The molecule has 4 unspecified atom stereocenters. The van der Waals surface area contributed by atoms with E-state index in [-0.39, 0.29) is 22.7 Å². The second-order valence-corrected chi connectivity index (χ2v) is 14.5. The van der Waals surface area contributed by atoms with E-state index in [4.69, 9.17) is 9.16 Å². The van der Waals surface area contributed by atoms with Crippen LogP contribution in [0.25, 0.3) is 0 Å². The SMILES string of the molecule is CC12CCCC1=C1OC(=O)C3CC(O[Si](C)(C)C)=CCC3(C)C1CC2. The Labute approximate surface area is 153 Å². The zero-order valence-corrected chi connectivity index (χ0v) is 17.4. The van der Waals surface area contributed by atoms with E-state index in [1.54, 1.807) is 0 Å². The van der Waals surface area contributed by atoms with Gasteiger partial charge in [-0.3, -0.25) is 4.79 Å². The van der Waals surface area contributed by atoms with Crippen LogP contribution in [0.1, 0.15) is 58.8 Å². The standard InChI is InChI=1S/C21H32O3Si/c1-20-10-6-7-15(20)18-16(9-11-20)21(2)12-8-14(24-25(3,4)5)13-17(21)19(22)23-18/h8,16-17H,6-7,9-13H2,1-5H3. The quantitative estimate of drug-likeness (QED) is 0.478. The van der Waals surface area contributed by atoms with Crippen LogP contribution in [0.15, 0.2) is 23.2 Å². The summed E-state index contributed by atoms with van der Waals surface area (Å²) in [5.41, 5.74) is 1.74. The number of carbonyl (C=O) groups is 1. The number of allylic oxidation sites excluding steroid dienone is 4. The fraction of sp³-hybridized carbons (Fsp3) is 0.762. The molecule has 4 atom stereocenters. The molecule has 4 heteroatoms. The molecular weight excluding hydrogens is 328 g/mol. The molecule has 0 amide bonds. The first-order valence-corrected chi connectivity index (χ1v) is 13.4. The molecule has 0 aromatic carbocycles. The van der Waals surface area contributed by atoms with Crippen LogP contribution >= 0.6 is 0 Å². The van der Waals surface area contributed by atoms with Crippen LogP contribution in [0.4, 0.5) is 0 Å². The Morgan fingerprint density at radius 2 is 1.96 bits per heavy atom. The second-order valence-electron chi connectivity index (χ2n) is 10.1. The van der Waals surface area contributed by atoms with Crippen LogP contribution in [-0.4, -0.2) is 14.3 Å². The molecule has 0 aromatic heterocycles. The normalized spacial score (nSPS) is 40.7. The number of carbonyl (C=O) groups excluding carboxylic acids is 1. The van der Waals surface area contributed by atoms with E-state index >= 15 is 0 Å². The summed E-state index contributed by atoms with van der Waals surface area (Å²) in [6, 6.07) is 0. The smallest absolute Gasteiger partial charge is 0.315 e. The van der Waals surface area contributed by atoms with E-state index in [0.717, 1.165) is 37.2 Å². The van der Waals surface area contributed by atoms with E-state index in [1.807, 2.05) is 0 Å². The van der Waals surface area contributed by atoms with Crippen molar-refractivity contribution in [2.75, 3.05) is 0 Å². The molecule has 4 aliphatic rings. The van der Waals surface area contributed by atoms with Gasteiger partial charge in [0.05, 0.1) is 11.7 Å². The molecule has 0 bridgehead atoms. The molecule has 1 saturated carbocycles. The number of esters is 1. The van der Waals surface area contributed by atoms with Gasteiger partial charge in [0.15, 0.2) is 0 Å². The summed E-state index contributed by atoms with van der Waals surface area (Å²) in [6.45, 7) is 11.3. The average molecular weight is 361 g/mol. The summed E-state index contributed by atoms with van der Waals surface area (Å²) in [4.78, 5) is 13.0. The minimum absolute atomic E-state index is 0.00606. The summed E-state index contributed by atoms with van der Waals surface area (Å²) >= 11 is 0. The summed E-state index contributed by atoms with van der Waals surface area (Å²) in [5.74, 6) is 2.43. The van der Waals surface area contributed by atoms with Gasteiger partial charge in [-0.2, -0.15) is 0 Å². The lowest BCUT2D eigenvalue weighted by Crippen LogP contribution is -2.50. The number of fused-ring (bicyclic) bond motifs is 4. The van der Waals surface area contributed by atoms with Crippen LogP contribution in [0.3, 0.4) is 0 Å². The molecule has 4 rings (SSSR count). The van der Waals surface area contributed by atoms with Crippen molar-refractivity contribution in [3.05, 3.63) is 23.2 Å². The van der Waals surface area contributed by atoms with Crippen molar-refractivity contribution >= 4 is 14.3 Å². The molecule has 3 aliphatic carbocycles. The molecule has 1 heterocycles. The molecule has 0 spiro atoms. The van der Waals surface area contributed by atoms with Crippen molar-refractivity contribution in [2.45, 2.75) is 78.4 Å². The number of rotatable bonds is 2. The first-order valence-electron chi connectivity index (χ1n) is 9.96. The summed E-state index contributed by atoms with van der Waals surface area (Å²) < 4.78 is 12.3. The van der Waals surface area contributed by atoms with Gasteiger partial charge < -0.3 is 9.16 Å². The van der Waals surface area contributed by atoms with E-state index in [0.29, 0.717) is 5.92 Å². The molecule has 0 aromatic rings. The van der Waals surface area contributed by atoms with Gasteiger partial charge in [-0.15, -0.1) is 0 Å². The lowest BCUT2D eigenvalue weighted by atomic mass is 9.55. The molecule has 2 fully saturated rings. The first kappa shape index (κ1) is 17.4. The van der Waals surface area contributed by atoms with E-state index < -0.39 is 8.32 Å². The maximum absolute atomic E-state index is 13.0. The number of hydrogen-bond acceptors (Lipinski definition) is 3. The predicted octanol–water partition coefficient (Wildman–Crippen LogP) is 5.55. The molecule has 25 heavy (non-hydrogen) atoms. The van der Waals surface area contributed by atoms with E-state index in [9.17, 15) is 4.79 Å². The number of ether oxygens (including phenoxy) is 1. The Hall–Kier alpha value is -1.03. The Morgan fingerprint density at radius 3 is 2.68 bits per heavy atom. The first-order chi connectivity index (χ1) is 11.6. The van der Waals surface area contributed by atoms with Crippen molar-refractivity contribution < 1.29 is 14.0 Å². The Kier molecular flexibility index (Phi) is 3.81. The molecule has 1 aliphatic heterocycles. The fourth-order valence-electron chi connectivity index (χ4n) is 5.76. The van der Waals surface area contributed by atoms with Gasteiger partial charge in [-0.05, 0) is 80.6 Å². The second kappa shape index (κ2) is 5.48. The van der Waals surface area contributed by atoms with Crippen LogP contribution in [0.5, 0.6) is 0 Å². The predicted molar refractivity (Wildman–Crippen MR) is 101 cm³/mol. The lowest BCUT2D eigenvalue weighted by molar-refractivity contribution is -0.163. The molecule has 0 radical (unpaired) electrons. The summed E-state index contributed by atoms with van der Waals surface area (Å²) in [5, 5.41) is 0. The summed E-state index contributed by atoms with van der Waals surface area (Å²) in [7, 11) is -1.64. The van der Waals surface area contributed by atoms with Gasteiger partial charge in [0.25, 0.3) is 0 Å². The van der Waals surface area contributed by atoms with Crippen molar-refractivity contribution in [1.29, 1.82) is 0 Å². The highest BCUT2D eigenvalue weighted by Gasteiger charge is 2.57. The summed E-state index contributed by atoms with van der Waals surface area (Å²) in [6.07, 6.45) is 9.96. The molecule has 3 nitrogen and oxygen atoms in total. The zero-order chi connectivity index (χ0) is 18.0. The van der Waals surface area contributed by atoms with Gasteiger partial charge >= 0.3 is 5.97 Å². The van der Waals surface area contributed by atoms with Gasteiger partial charge in [-0.25, -0.2) is 0 Å². The Morgan fingerprint density at radius 1 is 1.20 bits per heavy atom. The van der Waals surface area contributed by atoms with Gasteiger partial charge in [0.1, 0.15) is 5.76 Å². The molecule has 138 valence electrons. The maximum Gasteiger partial charge on any atom is 0.315 e. The third-order valence-electron chi connectivity index (χ3n) is 7.18. The average Bonchev–Trinajstić information content (AvgIpc) is 2.89. The van der Waals surface area contributed by atoms with Crippen molar-refractivity contribution in [3.63, 3.8) is 0 Å². The van der Waals surface area contributed by atoms with Crippen LogP contribution in [0, 0.1) is 22.7 Å². The van der Waals surface area contributed by atoms with Gasteiger partial charge in [0, 0.05) is 12.3 Å². The van der Waals surface area contributed by atoms with E-state index in [2.05, 4.69) is 39.6 Å². The van der Waals surface area contributed by atoms with Crippen molar-refractivity contribution in [2.24, 2.45) is 22.7 Å². The topological polar surface area (TPSA) is 35.5 Å². The minimum Gasteiger partial charge on any atom is -0.548 e. The van der Waals surface area contributed by atoms with Crippen LogP contribution < -0.4 is 0 Å². The van der Waals surface area contributed by atoms with Crippen molar-refractivity contribution in [1.82, 2.24) is 0 Å². The number of hydrogen-bond donors (Lipinski definition) is 0. The minimum atomic E-state index is -1.64. The largest absolute Gasteiger partial charge is 0.548 e. The van der Waals surface area contributed by atoms with Crippen molar-refractivity contribution in [3.8, 4) is 0 Å². The maximum atomic E-state index is 13.0. The third kappa shape index (κ3) is 2.72. The third-order valence-corrected chi connectivity index (χ3v) is 8.06. The van der Waals surface area contributed by atoms with Crippen LogP contribution in [-0.2, 0) is 14.0 Å². The van der Waals surface area contributed by atoms with E-state index in [1.165, 1.54) is 24.8 Å². The highest BCUT2D eigenvalue weighted by Crippen LogP contribution is 2.62.